The normalized spacial score (nSPS) is 18.4. The maximum absolute atomic E-state index is 4.68. The molecule has 1 aliphatic rings. The van der Waals surface area contributed by atoms with Gasteiger partial charge in [0.15, 0.2) is 5.82 Å². The second-order valence-electron chi connectivity index (χ2n) is 6.76. The molecule has 1 fully saturated rings. The number of hydrogen-bond donors (Lipinski definition) is 1. The Hall–Kier alpha value is -2.53. The van der Waals surface area contributed by atoms with Crippen molar-refractivity contribution in [1.82, 2.24) is 24.8 Å². The third-order valence-corrected chi connectivity index (χ3v) is 4.79. The van der Waals surface area contributed by atoms with E-state index >= 15 is 0 Å². The van der Waals surface area contributed by atoms with Gasteiger partial charge in [-0.3, -0.25) is 9.88 Å². The van der Waals surface area contributed by atoms with E-state index in [4.69, 9.17) is 0 Å². The Morgan fingerprint density at radius 2 is 1.96 bits per heavy atom. The molecule has 1 atom stereocenters. The van der Waals surface area contributed by atoms with Crippen molar-refractivity contribution in [3.8, 4) is 11.5 Å². The van der Waals surface area contributed by atoms with E-state index in [9.17, 15) is 0 Å². The van der Waals surface area contributed by atoms with Gasteiger partial charge >= 0.3 is 0 Å². The minimum Gasteiger partial charge on any atom is -0.341 e. The molecule has 1 aliphatic heterocycles. The van der Waals surface area contributed by atoms with Crippen LogP contribution in [0.2, 0.25) is 0 Å². The van der Waals surface area contributed by atoms with E-state index in [1.54, 1.807) is 12.4 Å². The number of nitrogens with one attached hydrogen (secondary N) is 1. The first-order valence-corrected chi connectivity index (χ1v) is 8.89. The molecular weight excluding hydrogens is 310 g/mol. The van der Waals surface area contributed by atoms with Gasteiger partial charge in [-0.05, 0) is 31.9 Å². The van der Waals surface area contributed by atoms with Gasteiger partial charge in [0, 0.05) is 43.3 Å². The number of imidazole rings is 1. The molecule has 128 valence electrons. The number of piperidine rings is 1. The number of likely N-dealkylation sites (tertiary alicyclic amines) is 1. The van der Waals surface area contributed by atoms with Gasteiger partial charge in [0.05, 0.1) is 5.69 Å². The van der Waals surface area contributed by atoms with Crippen LogP contribution in [0.25, 0.3) is 11.5 Å². The van der Waals surface area contributed by atoms with Crippen LogP contribution in [-0.4, -0.2) is 37.9 Å². The lowest BCUT2D eigenvalue weighted by Crippen LogP contribution is -2.34. The monoisotopic (exact) mass is 333 g/mol. The number of aromatic nitrogens is 4. The molecule has 0 amide bonds. The van der Waals surface area contributed by atoms with Crippen LogP contribution >= 0.6 is 0 Å². The molecule has 1 N–H and O–H groups in total. The molecule has 0 radical (unpaired) electrons. The molecule has 1 saturated heterocycles. The van der Waals surface area contributed by atoms with Crippen LogP contribution in [0.4, 0.5) is 0 Å². The predicted molar refractivity (Wildman–Crippen MR) is 98.0 cm³/mol. The number of nitrogens with zero attached hydrogens (tertiary/aromatic N) is 4. The molecule has 2 aromatic heterocycles. The van der Waals surface area contributed by atoms with Crippen molar-refractivity contribution >= 4 is 0 Å². The summed E-state index contributed by atoms with van der Waals surface area (Å²) in [5.41, 5.74) is 4.36. The maximum Gasteiger partial charge on any atom is 0.158 e. The van der Waals surface area contributed by atoms with Crippen LogP contribution in [0.15, 0.2) is 48.9 Å². The highest BCUT2D eigenvalue weighted by atomic mass is 15.1. The van der Waals surface area contributed by atoms with Gasteiger partial charge in [-0.15, -0.1) is 0 Å². The number of H-pyrrole nitrogens is 1. The average molecular weight is 333 g/mol. The van der Waals surface area contributed by atoms with Crippen LogP contribution in [-0.2, 0) is 6.54 Å². The van der Waals surface area contributed by atoms with Crippen LogP contribution in [0.1, 0.15) is 35.7 Å². The van der Waals surface area contributed by atoms with Gasteiger partial charge in [0.1, 0.15) is 5.69 Å². The molecule has 0 spiro atoms. The van der Waals surface area contributed by atoms with Crippen LogP contribution < -0.4 is 0 Å². The molecular formula is C20H23N5. The lowest BCUT2D eigenvalue weighted by Gasteiger charge is -2.32. The summed E-state index contributed by atoms with van der Waals surface area (Å²) in [6.45, 7) is 5.16. The first kappa shape index (κ1) is 16.0. The lowest BCUT2D eigenvalue weighted by molar-refractivity contribution is 0.198. The molecule has 5 nitrogen and oxygen atoms in total. The molecule has 0 aliphatic carbocycles. The van der Waals surface area contributed by atoms with Crippen molar-refractivity contribution in [3.05, 3.63) is 65.9 Å². The maximum atomic E-state index is 4.68. The molecule has 3 heterocycles. The highest BCUT2D eigenvalue weighted by Gasteiger charge is 2.26. The van der Waals surface area contributed by atoms with Crippen molar-refractivity contribution < 1.29 is 0 Å². The fourth-order valence-corrected chi connectivity index (χ4v) is 3.63. The van der Waals surface area contributed by atoms with Gasteiger partial charge < -0.3 is 4.98 Å². The third kappa shape index (κ3) is 3.61. The highest BCUT2D eigenvalue weighted by Crippen LogP contribution is 2.31. The highest BCUT2D eigenvalue weighted by molar-refractivity contribution is 5.53. The fraction of sp³-hybridized carbons (Fsp3) is 0.350. The van der Waals surface area contributed by atoms with Crippen molar-refractivity contribution in [2.24, 2.45) is 0 Å². The van der Waals surface area contributed by atoms with E-state index in [1.807, 2.05) is 13.1 Å². The Morgan fingerprint density at radius 3 is 2.76 bits per heavy atom. The van der Waals surface area contributed by atoms with E-state index in [-0.39, 0.29) is 0 Å². The average Bonchev–Trinajstić information content (AvgIpc) is 3.09. The summed E-state index contributed by atoms with van der Waals surface area (Å²) >= 11 is 0. The Balaban J connectivity index is 1.56. The topological polar surface area (TPSA) is 57.7 Å². The van der Waals surface area contributed by atoms with E-state index < -0.39 is 0 Å². The molecule has 25 heavy (non-hydrogen) atoms. The lowest BCUT2D eigenvalue weighted by atomic mass is 9.92. The molecule has 1 aromatic carbocycles. The summed E-state index contributed by atoms with van der Waals surface area (Å²) in [5.74, 6) is 1.22. The zero-order valence-corrected chi connectivity index (χ0v) is 14.5. The smallest absolute Gasteiger partial charge is 0.158 e. The number of benzene rings is 1. The zero-order chi connectivity index (χ0) is 17.1. The van der Waals surface area contributed by atoms with Crippen molar-refractivity contribution in [3.63, 3.8) is 0 Å². The summed E-state index contributed by atoms with van der Waals surface area (Å²) in [6.07, 6.45) is 7.73. The quantitative estimate of drug-likeness (QED) is 0.793. The van der Waals surface area contributed by atoms with Gasteiger partial charge in [0.2, 0.25) is 0 Å². The SMILES string of the molecule is Cc1cnc(-c2nccnc2C2CCCN(Cc3ccccc3)C2)[nH]1. The van der Waals surface area contributed by atoms with E-state index in [0.717, 1.165) is 49.0 Å². The van der Waals surface area contributed by atoms with Crippen LogP contribution in [0.3, 0.4) is 0 Å². The second kappa shape index (κ2) is 7.15. The van der Waals surface area contributed by atoms with Crippen molar-refractivity contribution in [2.75, 3.05) is 13.1 Å². The van der Waals surface area contributed by atoms with Gasteiger partial charge in [-0.1, -0.05) is 30.3 Å². The van der Waals surface area contributed by atoms with Crippen molar-refractivity contribution in [1.29, 1.82) is 0 Å². The number of rotatable bonds is 4. The minimum absolute atomic E-state index is 0.395. The fourth-order valence-electron chi connectivity index (χ4n) is 3.63. The Labute approximate surface area is 148 Å². The molecule has 3 aromatic rings. The molecule has 4 rings (SSSR count). The Morgan fingerprint density at radius 1 is 1.12 bits per heavy atom. The second-order valence-corrected chi connectivity index (χ2v) is 6.76. The van der Waals surface area contributed by atoms with Crippen LogP contribution in [0.5, 0.6) is 0 Å². The standard InChI is InChI=1S/C20H23N5/c1-15-12-23-20(24-15)19-18(21-9-10-22-19)17-8-5-11-25(14-17)13-16-6-3-2-4-7-16/h2-4,6-7,9-10,12,17H,5,8,11,13-14H2,1H3,(H,23,24). The predicted octanol–water partition coefficient (Wildman–Crippen LogP) is 3.55. The Bertz CT molecular complexity index is 827. The van der Waals surface area contributed by atoms with Crippen molar-refractivity contribution in [2.45, 2.75) is 32.2 Å². The van der Waals surface area contributed by atoms with Crippen LogP contribution in [0, 0.1) is 6.92 Å². The Kier molecular flexibility index (Phi) is 4.57. The number of aromatic amines is 1. The summed E-state index contributed by atoms with van der Waals surface area (Å²) in [7, 11) is 0. The van der Waals surface area contributed by atoms with Gasteiger partial charge in [-0.25, -0.2) is 9.97 Å². The number of hydrogen-bond acceptors (Lipinski definition) is 4. The first-order chi connectivity index (χ1) is 12.3. The summed E-state index contributed by atoms with van der Waals surface area (Å²) in [5, 5.41) is 0. The van der Waals surface area contributed by atoms with E-state index in [0.29, 0.717) is 5.92 Å². The largest absolute Gasteiger partial charge is 0.341 e. The van der Waals surface area contributed by atoms with Gasteiger partial charge in [0.25, 0.3) is 0 Å². The summed E-state index contributed by atoms with van der Waals surface area (Å²) in [4.78, 5) is 19.5. The van der Waals surface area contributed by atoms with E-state index in [1.165, 1.54) is 12.0 Å². The molecule has 0 saturated carbocycles. The minimum atomic E-state index is 0.395. The molecule has 5 heteroatoms. The third-order valence-electron chi connectivity index (χ3n) is 4.79. The molecule has 1 unspecified atom stereocenters. The summed E-state index contributed by atoms with van der Waals surface area (Å²) < 4.78 is 0. The number of aryl methyl sites for hydroxylation is 1. The van der Waals surface area contributed by atoms with E-state index in [2.05, 4.69) is 55.2 Å². The van der Waals surface area contributed by atoms with Gasteiger partial charge in [-0.2, -0.15) is 0 Å². The first-order valence-electron chi connectivity index (χ1n) is 8.89. The summed E-state index contributed by atoms with van der Waals surface area (Å²) in [6, 6.07) is 10.7. The zero-order valence-electron chi connectivity index (χ0n) is 14.5. The molecule has 0 bridgehead atoms.